The van der Waals surface area contributed by atoms with Crippen molar-refractivity contribution < 1.29 is 9.53 Å². The van der Waals surface area contributed by atoms with Crippen molar-refractivity contribution in [1.82, 2.24) is 4.57 Å². The zero-order valence-electron chi connectivity index (χ0n) is 19.4. The largest absolute Gasteiger partial charge is 0.423 e. The number of nitrogens with zero attached hydrogens (tertiary/aromatic N) is 1. The van der Waals surface area contributed by atoms with E-state index >= 15 is 0 Å². The predicted octanol–water partition coefficient (Wildman–Crippen LogP) is 8.09. The maximum atomic E-state index is 11.8. The van der Waals surface area contributed by atoms with E-state index in [2.05, 4.69) is 102 Å². The van der Waals surface area contributed by atoms with E-state index in [-0.39, 0.29) is 0 Å². The molecule has 5 aromatic carbocycles. The van der Waals surface area contributed by atoms with Crippen molar-refractivity contribution in [3.63, 3.8) is 0 Å². The summed E-state index contributed by atoms with van der Waals surface area (Å²) < 4.78 is 7.69. The minimum atomic E-state index is -0.413. The molecule has 0 fully saturated rings. The molecule has 0 amide bonds. The first-order valence-electron chi connectivity index (χ1n) is 11.6. The van der Waals surface area contributed by atoms with Crippen LogP contribution in [0.5, 0.6) is 5.75 Å². The fraction of sp³-hybridized carbons (Fsp3) is 0.0312. The molecule has 0 aliphatic heterocycles. The Morgan fingerprint density at radius 1 is 0.686 bits per heavy atom. The Morgan fingerprint density at radius 2 is 1.26 bits per heavy atom. The van der Waals surface area contributed by atoms with E-state index in [0.29, 0.717) is 11.3 Å². The van der Waals surface area contributed by atoms with Gasteiger partial charge in [0.1, 0.15) is 5.75 Å². The Bertz CT molecular complexity index is 1700. The lowest BCUT2D eigenvalue weighted by Gasteiger charge is -2.10. The van der Waals surface area contributed by atoms with Gasteiger partial charge in [-0.15, -0.1) is 0 Å². The maximum absolute atomic E-state index is 11.8. The molecule has 3 heteroatoms. The SMILES string of the molecule is C=C(C)C(=O)Oc1ccc2cc(-c3ccc(-n4c5ccccc5c5ccccc54)cc3)ccc2c1. The van der Waals surface area contributed by atoms with Crippen LogP contribution >= 0.6 is 0 Å². The second kappa shape index (κ2) is 8.30. The number of carbonyl (C=O) groups excluding carboxylic acids is 1. The van der Waals surface area contributed by atoms with Gasteiger partial charge in [0.05, 0.1) is 11.0 Å². The molecule has 168 valence electrons. The fourth-order valence-corrected chi connectivity index (χ4v) is 4.66. The highest BCUT2D eigenvalue weighted by Crippen LogP contribution is 2.33. The Balaban J connectivity index is 1.36. The number of aromatic nitrogens is 1. The Hall–Kier alpha value is -4.63. The summed E-state index contributed by atoms with van der Waals surface area (Å²) in [6.07, 6.45) is 0. The molecular formula is C32H23NO2. The topological polar surface area (TPSA) is 31.2 Å². The molecule has 35 heavy (non-hydrogen) atoms. The molecule has 0 saturated heterocycles. The van der Waals surface area contributed by atoms with Gasteiger partial charge in [-0.3, -0.25) is 0 Å². The second-order valence-corrected chi connectivity index (χ2v) is 8.81. The van der Waals surface area contributed by atoms with Crippen molar-refractivity contribution in [3.05, 3.63) is 121 Å². The number of fused-ring (bicyclic) bond motifs is 4. The van der Waals surface area contributed by atoms with Crippen LogP contribution in [0.3, 0.4) is 0 Å². The minimum absolute atomic E-state index is 0.379. The molecule has 6 rings (SSSR count). The average Bonchev–Trinajstić information content (AvgIpc) is 3.23. The van der Waals surface area contributed by atoms with Crippen molar-refractivity contribution in [2.24, 2.45) is 0 Å². The number of benzene rings is 5. The summed E-state index contributed by atoms with van der Waals surface area (Å²) in [5.41, 5.74) is 6.21. The van der Waals surface area contributed by atoms with Crippen LogP contribution < -0.4 is 4.74 Å². The van der Waals surface area contributed by atoms with Crippen molar-refractivity contribution in [2.75, 3.05) is 0 Å². The molecule has 1 heterocycles. The Labute approximate surface area is 203 Å². The number of carbonyl (C=O) groups is 1. The molecule has 0 aliphatic carbocycles. The van der Waals surface area contributed by atoms with Gasteiger partial charge in [-0.25, -0.2) is 4.79 Å². The summed E-state index contributed by atoms with van der Waals surface area (Å²) in [5, 5.41) is 4.62. The van der Waals surface area contributed by atoms with E-state index in [0.717, 1.165) is 27.6 Å². The van der Waals surface area contributed by atoms with Gasteiger partial charge >= 0.3 is 5.97 Å². The number of hydrogen-bond donors (Lipinski definition) is 0. The lowest BCUT2D eigenvalue weighted by Crippen LogP contribution is -2.07. The number of ether oxygens (including phenoxy) is 1. The van der Waals surface area contributed by atoms with Crippen molar-refractivity contribution in [3.8, 4) is 22.6 Å². The summed E-state index contributed by atoms with van der Waals surface area (Å²) in [4.78, 5) is 11.8. The van der Waals surface area contributed by atoms with Crippen LogP contribution in [0.1, 0.15) is 6.92 Å². The summed E-state index contributed by atoms with van der Waals surface area (Å²) >= 11 is 0. The first-order chi connectivity index (χ1) is 17.1. The monoisotopic (exact) mass is 453 g/mol. The highest BCUT2D eigenvalue weighted by atomic mass is 16.5. The summed E-state index contributed by atoms with van der Waals surface area (Å²) in [6.45, 7) is 5.28. The van der Waals surface area contributed by atoms with Crippen molar-refractivity contribution >= 4 is 38.5 Å². The normalized spacial score (nSPS) is 11.2. The van der Waals surface area contributed by atoms with Crippen molar-refractivity contribution in [1.29, 1.82) is 0 Å². The quantitative estimate of drug-likeness (QED) is 0.153. The van der Waals surface area contributed by atoms with Gasteiger partial charge in [0.2, 0.25) is 0 Å². The minimum Gasteiger partial charge on any atom is -0.423 e. The van der Waals surface area contributed by atoms with Crippen LogP contribution in [0.2, 0.25) is 0 Å². The average molecular weight is 454 g/mol. The van der Waals surface area contributed by atoms with E-state index in [1.54, 1.807) is 6.92 Å². The zero-order valence-corrected chi connectivity index (χ0v) is 19.4. The van der Waals surface area contributed by atoms with Gasteiger partial charge < -0.3 is 9.30 Å². The molecule has 1 aromatic heterocycles. The van der Waals surface area contributed by atoms with E-state index in [4.69, 9.17) is 4.74 Å². The summed E-state index contributed by atoms with van der Waals surface area (Å²) in [6, 6.07) is 37.8. The molecule has 0 bridgehead atoms. The van der Waals surface area contributed by atoms with Crippen LogP contribution in [-0.2, 0) is 4.79 Å². The van der Waals surface area contributed by atoms with Crippen LogP contribution in [0, 0.1) is 0 Å². The predicted molar refractivity (Wildman–Crippen MR) is 144 cm³/mol. The van der Waals surface area contributed by atoms with Gasteiger partial charge in [0.25, 0.3) is 0 Å². The molecule has 0 aliphatic rings. The highest BCUT2D eigenvalue weighted by Gasteiger charge is 2.12. The van der Waals surface area contributed by atoms with Crippen LogP contribution in [0.4, 0.5) is 0 Å². The molecule has 0 atom stereocenters. The Morgan fingerprint density at radius 3 is 1.91 bits per heavy atom. The molecule has 0 radical (unpaired) electrons. The highest BCUT2D eigenvalue weighted by molar-refractivity contribution is 6.09. The molecule has 0 spiro atoms. The third-order valence-corrected chi connectivity index (χ3v) is 6.41. The maximum Gasteiger partial charge on any atom is 0.338 e. The number of para-hydroxylation sites is 2. The first kappa shape index (κ1) is 20.9. The lowest BCUT2D eigenvalue weighted by molar-refractivity contribution is -0.130. The van der Waals surface area contributed by atoms with Gasteiger partial charge in [-0.1, -0.05) is 73.3 Å². The number of hydrogen-bond acceptors (Lipinski definition) is 2. The fourth-order valence-electron chi connectivity index (χ4n) is 4.66. The standard InChI is InChI=1S/C32H23NO2/c1-21(2)32(34)35-27-18-15-24-19-23(11-12-25(24)20-27)22-13-16-26(17-14-22)33-30-9-5-3-7-28(30)29-8-4-6-10-31(29)33/h3-20H,1H2,2H3. The third kappa shape index (κ3) is 3.68. The van der Waals surface area contributed by atoms with E-state index in [1.807, 2.05) is 18.2 Å². The first-order valence-corrected chi connectivity index (χ1v) is 11.6. The molecule has 0 N–H and O–H groups in total. The molecule has 0 saturated carbocycles. The number of rotatable bonds is 4. The van der Waals surface area contributed by atoms with Crippen molar-refractivity contribution in [2.45, 2.75) is 6.92 Å². The zero-order chi connectivity index (χ0) is 23.9. The van der Waals surface area contributed by atoms with E-state index in [9.17, 15) is 4.79 Å². The Kier molecular flexibility index (Phi) is 4.97. The molecule has 0 unspecified atom stereocenters. The summed E-state index contributed by atoms with van der Waals surface area (Å²) in [5.74, 6) is 0.109. The summed E-state index contributed by atoms with van der Waals surface area (Å²) in [7, 11) is 0. The van der Waals surface area contributed by atoms with E-state index < -0.39 is 5.97 Å². The van der Waals surface area contributed by atoms with Crippen LogP contribution in [0.25, 0.3) is 49.4 Å². The molecular weight excluding hydrogens is 430 g/mol. The smallest absolute Gasteiger partial charge is 0.338 e. The van der Waals surface area contributed by atoms with Gasteiger partial charge in [-0.05, 0) is 71.3 Å². The van der Waals surface area contributed by atoms with Gasteiger partial charge in [0, 0.05) is 22.0 Å². The number of esters is 1. The lowest BCUT2D eigenvalue weighted by atomic mass is 10.0. The molecule has 3 nitrogen and oxygen atoms in total. The second-order valence-electron chi connectivity index (χ2n) is 8.81. The third-order valence-electron chi connectivity index (χ3n) is 6.41. The van der Waals surface area contributed by atoms with Crippen LogP contribution in [-0.4, -0.2) is 10.5 Å². The van der Waals surface area contributed by atoms with Crippen LogP contribution in [0.15, 0.2) is 121 Å². The van der Waals surface area contributed by atoms with E-state index in [1.165, 1.54) is 21.8 Å². The van der Waals surface area contributed by atoms with Gasteiger partial charge in [-0.2, -0.15) is 0 Å². The van der Waals surface area contributed by atoms with Gasteiger partial charge in [0.15, 0.2) is 0 Å². The molecule has 6 aromatic rings.